The van der Waals surface area contributed by atoms with Crippen LogP contribution in [0.15, 0.2) is 0 Å². The van der Waals surface area contributed by atoms with Gasteiger partial charge in [0.15, 0.2) is 0 Å². The van der Waals surface area contributed by atoms with Crippen molar-refractivity contribution in [3.05, 3.63) is 0 Å². The minimum Gasteiger partial charge on any atom is -0.311 e. The first-order valence-electron chi connectivity index (χ1n) is 6.97. The highest BCUT2D eigenvalue weighted by Crippen LogP contribution is 2.07. The molecule has 16 heavy (non-hydrogen) atoms. The van der Waals surface area contributed by atoms with Gasteiger partial charge in [-0.15, -0.1) is 0 Å². The summed E-state index contributed by atoms with van der Waals surface area (Å²) >= 11 is 0. The summed E-state index contributed by atoms with van der Waals surface area (Å²) in [6.45, 7) is 7.98. The molecular formula is C14H32N2. The zero-order chi connectivity index (χ0) is 12.4. The molecule has 0 aromatic rings. The Morgan fingerprint density at radius 3 is 2.12 bits per heavy atom. The van der Waals surface area contributed by atoms with Gasteiger partial charge in [0.05, 0.1) is 0 Å². The molecule has 0 aromatic heterocycles. The minimum absolute atomic E-state index is 0.598. The van der Waals surface area contributed by atoms with E-state index in [1.54, 1.807) is 0 Å². The summed E-state index contributed by atoms with van der Waals surface area (Å²) in [5, 5.41) is 3.66. The van der Waals surface area contributed by atoms with Crippen LogP contribution in [0.1, 0.15) is 59.3 Å². The topological polar surface area (TPSA) is 15.3 Å². The smallest absolute Gasteiger partial charge is 0.0168 e. The third kappa shape index (κ3) is 10.4. The summed E-state index contributed by atoms with van der Waals surface area (Å²) in [4.78, 5) is 2.24. The highest BCUT2D eigenvalue weighted by Gasteiger charge is 2.07. The van der Waals surface area contributed by atoms with Crippen LogP contribution < -0.4 is 5.32 Å². The Morgan fingerprint density at radius 1 is 0.938 bits per heavy atom. The van der Waals surface area contributed by atoms with Gasteiger partial charge in [0.2, 0.25) is 0 Å². The monoisotopic (exact) mass is 228 g/mol. The van der Waals surface area contributed by atoms with Crippen LogP contribution in [-0.4, -0.2) is 37.6 Å². The fraction of sp³-hybridized carbons (Fsp3) is 1.00. The van der Waals surface area contributed by atoms with Crippen LogP contribution >= 0.6 is 0 Å². The number of nitrogens with zero attached hydrogens (tertiary/aromatic N) is 1. The molecule has 2 nitrogen and oxygen atoms in total. The number of hydrogen-bond donors (Lipinski definition) is 1. The largest absolute Gasteiger partial charge is 0.311 e. The summed E-state index contributed by atoms with van der Waals surface area (Å²) in [5.41, 5.74) is 0. The highest BCUT2D eigenvalue weighted by atomic mass is 15.1. The maximum Gasteiger partial charge on any atom is 0.0168 e. The molecule has 0 bridgehead atoms. The zero-order valence-corrected chi connectivity index (χ0v) is 12.1. The predicted molar refractivity (Wildman–Crippen MR) is 74.0 cm³/mol. The normalized spacial score (nSPS) is 15.4. The summed E-state index contributed by atoms with van der Waals surface area (Å²) in [6.07, 6.45) is 8.26. The minimum atomic E-state index is 0.598. The van der Waals surface area contributed by atoms with Crippen molar-refractivity contribution in [3.8, 4) is 0 Å². The first-order valence-corrected chi connectivity index (χ1v) is 6.97. The van der Waals surface area contributed by atoms with Crippen molar-refractivity contribution >= 4 is 0 Å². The van der Waals surface area contributed by atoms with E-state index in [4.69, 9.17) is 0 Å². The lowest BCUT2D eigenvalue weighted by molar-refractivity contribution is 0.325. The Morgan fingerprint density at radius 2 is 1.56 bits per heavy atom. The third-order valence-electron chi connectivity index (χ3n) is 2.95. The lowest BCUT2D eigenvalue weighted by Gasteiger charge is -2.22. The van der Waals surface area contributed by atoms with E-state index in [-0.39, 0.29) is 0 Å². The Balaban J connectivity index is 3.39. The summed E-state index contributed by atoms with van der Waals surface area (Å²) in [6, 6.07) is 1.26. The number of rotatable bonds is 10. The number of nitrogens with one attached hydrogen (secondary N) is 1. The molecule has 0 amide bonds. The first kappa shape index (κ1) is 15.9. The number of likely N-dealkylation sites (N-methyl/N-ethyl adjacent to an activating group) is 1. The fourth-order valence-electron chi connectivity index (χ4n) is 2.22. The van der Waals surface area contributed by atoms with E-state index < -0.39 is 0 Å². The maximum atomic E-state index is 3.66. The van der Waals surface area contributed by atoms with Gasteiger partial charge < -0.3 is 10.2 Å². The Bertz CT molecular complexity index is 146. The lowest BCUT2D eigenvalue weighted by atomic mass is 10.1. The van der Waals surface area contributed by atoms with E-state index in [0.717, 1.165) is 6.54 Å². The van der Waals surface area contributed by atoms with Crippen LogP contribution in [0, 0.1) is 0 Å². The van der Waals surface area contributed by atoms with Crippen molar-refractivity contribution < 1.29 is 0 Å². The lowest BCUT2D eigenvalue weighted by Crippen LogP contribution is -2.40. The Hall–Kier alpha value is -0.0800. The van der Waals surface area contributed by atoms with Crippen LogP contribution in [0.3, 0.4) is 0 Å². The standard InChI is InChI=1S/C14H32N2/c1-6-7-8-9-10-11-13(2)15-14(3)12-16(4)5/h13-15H,6-12H2,1-5H3. The van der Waals surface area contributed by atoms with Crippen molar-refractivity contribution in [2.45, 2.75) is 71.4 Å². The second-order valence-electron chi connectivity index (χ2n) is 5.43. The highest BCUT2D eigenvalue weighted by molar-refractivity contribution is 4.69. The maximum absolute atomic E-state index is 3.66. The molecule has 0 radical (unpaired) electrons. The molecule has 0 aromatic carbocycles. The molecule has 98 valence electrons. The predicted octanol–water partition coefficient (Wildman–Crippen LogP) is 3.28. The zero-order valence-electron chi connectivity index (χ0n) is 12.1. The van der Waals surface area contributed by atoms with E-state index in [2.05, 4.69) is 45.1 Å². The van der Waals surface area contributed by atoms with E-state index >= 15 is 0 Å². The molecule has 0 aliphatic carbocycles. The molecule has 2 heteroatoms. The SMILES string of the molecule is CCCCCCCC(C)NC(C)CN(C)C. The number of hydrogen-bond acceptors (Lipinski definition) is 2. The molecule has 1 N–H and O–H groups in total. The molecule has 0 saturated carbocycles. The van der Waals surface area contributed by atoms with Crippen molar-refractivity contribution in [1.29, 1.82) is 0 Å². The van der Waals surface area contributed by atoms with Gasteiger partial charge in [-0.25, -0.2) is 0 Å². The van der Waals surface area contributed by atoms with Gasteiger partial charge in [-0.05, 0) is 34.4 Å². The second kappa shape index (κ2) is 10.1. The molecule has 0 fully saturated rings. The average molecular weight is 228 g/mol. The van der Waals surface area contributed by atoms with Crippen molar-refractivity contribution in [2.24, 2.45) is 0 Å². The van der Waals surface area contributed by atoms with Crippen LogP contribution in [-0.2, 0) is 0 Å². The van der Waals surface area contributed by atoms with E-state index in [1.807, 2.05) is 0 Å². The van der Waals surface area contributed by atoms with Crippen molar-refractivity contribution in [2.75, 3.05) is 20.6 Å². The quantitative estimate of drug-likeness (QED) is 0.577. The molecular weight excluding hydrogens is 196 g/mol. The first-order chi connectivity index (χ1) is 7.56. The van der Waals surface area contributed by atoms with Crippen LogP contribution in [0.5, 0.6) is 0 Å². The Labute approximate surface area is 103 Å². The second-order valence-corrected chi connectivity index (χ2v) is 5.43. The van der Waals surface area contributed by atoms with Gasteiger partial charge in [-0.1, -0.05) is 39.0 Å². The Kier molecular flexibility index (Phi) is 10.0. The molecule has 0 aliphatic heterocycles. The summed E-state index contributed by atoms with van der Waals surface area (Å²) in [7, 11) is 4.27. The molecule has 0 saturated heterocycles. The van der Waals surface area contributed by atoms with E-state index in [1.165, 1.54) is 38.5 Å². The number of unbranched alkanes of at least 4 members (excludes halogenated alkanes) is 4. The molecule has 0 rings (SSSR count). The third-order valence-corrected chi connectivity index (χ3v) is 2.95. The summed E-state index contributed by atoms with van der Waals surface area (Å²) < 4.78 is 0. The van der Waals surface area contributed by atoms with Gasteiger partial charge in [0.1, 0.15) is 0 Å². The van der Waals surface area contributed by atoms with Gasteiger partial charge >= 0.3 is 0 Å². The van der Waals surface area contributed by atoms with Crippen molar-refractivity contribution in [3.63, 3.8) is 0 Å². The summed E-state index contributed by atoms with van der Waals surface area (Å²) in [5.74, 6) is 0. The average Bonchev–Trinajstić information content (AvgIpc) is 2.15. The molecule has 2 unspecified atom stereocenters. The van der Waals surface area contributed by atoms with Crippen LogP contribution in [0.25, 0.3) is 0 Å². The molecule has 2 atom stereocenters. The molecule has 0 heterocycles. The fourth-order valence-corrected chi connectivity index (χ4v) is 2.22. The van der Waals surface area contributed by atoms with Crippen molar-refractivity contribution in [1.82, 2.24) is 10.2 Å². The van der Waals surface area contributed by atoms with Gasteiger partial charge in [-0.2, -0.15) is 0 Å². The van der Waals surface area contributed by atoms with E-state index in [0.29, 0.717) is 12.1 Å². The van der Waals surface area contributed by atoms with Crippen LogP contribution in [0.2, 0.25) is 0 Å². The molecule has 0 spiro atoms. The van der Waals surface area contributed by atoms with Gasteiger partial charge in [0.25, 0.3) is 0 Å². The van der Waals surface area contributed by atoms with Crippen LogP contribution in [0.4, 0.5) is 0 Å². The van der Waals surface area contributed by atoms with Gasteiger partial charge in [-0.3, -0.25) is 0 Å². The van der Waals surface area contributed by atoms with Gasteiger partial charge in [0, 0.05) is 18.6 Å². The molecule has 0 aliphatic rings. The van der Waals surface area contributed by atoms with E-state index in [9.17, 15) is 0 Å².